The van der Waals surface area contributed by atoms with E-state index in [-0.39, 0.29) is 5.91 Å². The van der Waals surface area contributed by atoms with E-state index in [0.717, 1.165) is 32.1 Å². The predicted molar refractivity (Wildman–Crippen MR) is 90.6 cm³/mol. The first-order valence-electron chi connectivity index (χ1n) is 8.40. The van der Waals surface area contributed by atoms with E-state index in [4.69, 9.17) is 0 Å². The van der Waals surface area contributed by atoms with E-state index in [9.17, 15) is 4.79 Å². The van der Waals surface area contributed by atoms with Gasteiger partial charge in [-0.1, -0.05) is 37.3 Å². The van der Waals surface area contributed by atoms with Crippen LogP contribution in [0.1, 0.15) is 25.3 Å². The fourth-order valence-corrected chi connectivity index (χ4v) is 2.95. The molecule has 0 unspecified atom stereocenters. The zero-order chi connectivity index (χ0) is 15.8. The maximum absolute atomic E-state index is 12.3. The second kappa shape index (κ2) is 8.91. The summed E-state index contributed by atoms with van der Waals surface area (Å²) in [5, 5.41) is 3.43. The molecule has 0 aromatic heterocycles. The van der Waals surface area contributed by atoms with Crippen LogP contribution in [0, 0.1) is 5.92 Å². The molecular weight excluding hydrogens is 274 g/mol. The number of carbonyl (C=O) groups is 1. The van der Waals surface area contributed by atoms with Crippen LogP contribution in [0.2, 0.25) is 0 Å². The smallest absolute Gasteiger partial charge is 0.236 e. The number of benzene rings is 1. The summed E-state index contributed by atoms with van der Waals surface area (Å²) in [6, 6.07) is 10.2. The van der Waals surface area contributed by atoms with Crippen LogP contribution in [0.5, 0.6) is 0 Å². The Hall–Kier alpha value is -1.39. The fourth-order valence-electron chi connectivity index (χ4n) is 2.95. The lowest BCUT2D eigenvalue weighted by Crippen LogP contribution is -2.43. The molecular formula is C18H29N3O. The van der Waals surface area contributed by atoms with E-state index in [1.54, 1.807) is 0 Å². The maximum atomic E-state index is 12.3. The molecule has 1 aliphatic heterocycles. The number of hydrogen-bond acceptors (Lipinski definition) is 3. The summed E-state index contributed by atoms with van der Waals surface area (Å²) in [6.45, 7) is 7.64. The molecule has 4 heteroatoms. The topological polar surface area (TPSA) is 35.6 Å². The molecule has 122 valence electrons. The third-order valence-corrected chi connectivity index (χ3v) is 4.44. The molecule has 0 saturated carbocycles. The van der Waals surface area contributed by atoms with E-state index in [1.165, 1.54) is 18.4 Å². The van der Waals surface area contributed by atoms with E-state index in [2.05, 4.69) is 29.3 Å². The molecule has 0 bridgehead atoms. The van der Waals surface area contributed by atoms with Gasteiger partial charge in [-0.15, -0.1) is 0 Å². The molecule has 1 amide bonds. The zero-order valence-electron chi connectivity index (χ0n) is 13.9. The summed E-state index contributed by atoms with van der Waals surface area (Å²) in [6.07, 6.45) is 2.39. The largest absolute Gasteiger partial charge is 0.340 e. The van der Waals surface area contributed by atoms with E-state index < -0.39 is 0 Å². The van der Waals surface area contributed by atoms with Crippen LogP contribution in [0.15, 0.2) is 30.3 Å². The first kappa shape index (κ1) is 17.0. The van der Waals surface area contributed by atoms with Crippen LogP contribution in [0.3, 0.4) is 0 Å². The van der Waals surface area contributed by atoms with Crippen molar-refractivity contribution >= 4 is 5.91 Å². The monoisotopic (exact) mass is 303 g/mol. The van der Waals surface area contributed by atoms with Gasteiger partial charge >= 0.3 is 0 Å². The van der Waals surface area contributed by atoms with Crippen molar-refractivity contribution in [3.63, 3.8) is 0 Å². The molecule has 2 rings (SSSR count). The third kappa shape index (κ3) is 5.43. The number of likely N-dealkylation sites (tertiary alicyclic amines) is 1. The lowest BCUT2D eigenvalue weighted by atomic mass is 9.97. The highest BCUT2D eigenvalue weighted by Gasteiger charge is 2.21. The number of rotatable bonds is 7. The van der Waals surface area contributed by atoms with Crippen LogP contribution >= 0.6 is 0 Å². The molecule has 4 nitrogen and oxygen atoms in total. The molecule has 0 spiro atoms. The minimum atomic E-state index is 0.217. The van der Waals surface area contributed by atoms with Crippen molar-refractivity contribution in [1.82, 2.24) is 15.1 Å². The molecule has 1 aliphatic rings. The Balaban J connectivity index is 1.71. The Morgan fingerprint density at radius 1 is 1.27 bits per heavy atom. The Bertz CT molecular complexity index is 441. The van der Waals surface area contributed by atoms with E-state index >= 15 is 0 Å². The summed E-state index contributed by atoms with van der Waals surface area (Å²) < 4.78 is 0. The predicted octanol–water partition coefficient (Wildman–Crippen LogP) is 1.97. The van der Waals surface area contributed by atoms with E-state index in [0.29, 0.717) is 13.1 Å². The van der Waals surface area contributed by atoms with Gasteiger partial charge in [0, 0.05) is 13.6 Å². The molecule has 0 atom stereocenters. The summed E-state index contributed by atoms with van der Waals surface area (Å²) in [4.78, 5) is 16.5. The second-order valence-electron chi connectivity index (χ2n) is 6.26. The van der Waals surface area contributed by atoms with Crippen molar-refractivity contribution in [2.75, 3.05) is 39.8 Å². The molecule has 1 aromatic carbocycles. The van der Waals surface area contributed by atoms with Crippen molar-refractivity contribution in [2.45, 2.75) is 26.3 Å². The molecule has 0 radical (unpaired) electrons. The highest BCUT2D eigenvalue weighted by Crippen LogP contribution is 2.16. The van der Waals surface area contributed by atoms with Gasteiger partial charge in [0.25, 0.3) is 0 Å². The van der Waals surface area contributed by atoms with E-state index in [1.807, 2.05) is 30.1 Å². The first-order valence-corrected chi connectivity index (χ1v) is 8.40. The first-order chi connectivity index (χ1) is 10.7. The van der Waals surface area contributed by atoms with Crippen LogP contribution in [-0.2, 0) is 11.3 Å². The van der Waals surface area contributed by atoms with Crippen molar-refractivity contribution in [1.29, 1.82) is 0 Å². The average Bonchev–Trinajstić information content (AvgIpc) is 2.55. The van der Waals surface area contributed by atoms with Gasteiger partial charge in [0.15, 0.2) is 0 Å². The lowest BCUT2D eigenvalue weighted by Gasteiger charge is -2.32. The number of hydrogen-bond donors (Lipinski definition) is 1. The summed E-state index contributed by atoms with van der Waals surface area (Å²) >= 11 is 0. The maximum Gasteiger partial charge on any atom is 0.236 e. The summed E-state index contributed by atoms with van der Waals surface area (Å²) in [7, 11) is 1.90. The van der Waals surface area contributed by atoms with Crippen LogP contribution < -0.4 is 5.32 Å². The lowest BCUT2D eigenvalue weighted by molar-refractivity contribution is -0.132. The van der Waals surface area contributed by atoms with Crippen LogP contribution in [0.4, 0.5) is 0 Å². The normalized spacial score (nSPS) is 16.6. The highest BCUT2D eigenvalue weighted by molar-refractivity contribution is 5.78. The van der Waals surface area contributed by atoms with Gasteiger partial charge in [0.05, 0.1) is 6.54 Å². The number of nitrogens with zero attached hydrogens (tertiary/aromatic N) is 2. The quantitative estimate of drug-likeness (QED) is 0.836. The Kier molecular flexibility index (Phi) is 6.87. The van der Waals surface area contributed by atoms with Crippen LogP contribution in [0.25, 0.3) is 0 Å². The highest BCUT2D eigenvalue weighted by atomic mass is 16.2. The van der Waals surface area contributed by atoms with Crippen molar-refractivity contribution in [2.24, 2.45) is 5.92 Å². The molecule has 22 heavy (non-hydrogen) atoms. The number of carbonyl (C=O) groups excluding carboxylic acids is 1. The van der Waals surface area contributed by atoms with Gasteiger partial charge in [0.2, 0.25) is 5.91 Å². The van der Waals surface area contributed by atoms with Gasteiger partial charge in [-0.05, 0) is 50.5 Å². The van der Waals surface area contributed by atoms with Crippen molar-refractivity contribution in [3.8, 4) is 0 Å². The van der Waals surface area contributed by atoms with Gasteiger partial charge in [-0.25, -0.2) is 0 Å². The molecule has 1 fully saturated rings. The Morgan fingerprint density at radius 3 is 2.59 bits per heavy atom. The molecule has 0 aliphatic carbocycles. The van der Waals surface area contributed by atoms with Gasteiger partial charge in [0.1, 0.15) is 0 Å². The summed E-state index contributed by atoms with van der Waals surface area (Å²) in [5.74, 6) is 0.988. The number of piperidine rings is 1. The number of likely N-dealkylation sites (N-methyl/N-ethyl adjacent to an activating group) is 1. The van der Waals surface area contributed by atoms with Gasteiger partial charge < -0.3 is 10.2 Å². The molecule has 1 aromatic rings. The molecule has 1 heterocycles. The summed E-state index contributed by atoms with van der Waals surface area (Å²) in [5.41, 5.74) is 1.18. The van der Waals surface area contributed by atoms with Crippen molar-refractivity contribution < 1.29 is 4.79 Å². The SMILES string of the molecule is CCNCC1CCN(CC(=O)N(C)Cc2ccccc2)CC1. The Morgan fingerprint density at radius 2 is 1.95 bits per heavy atom. The van der Waals surface area contributed by atoms with Crippen LogP contribution in [-0.4, -0.2) is 55.5 Å². The average molecular weight is 303 g/mol. The fraction of sp³-hybridized carbons (Fsp3) is 0.611. The standard InChI is InChI=1S/C18H29N3O/c1-3-19-13-16-9-11-21(12-10-16)15-18(22)20(2)14-17-7-5-4-6-8-17/h4-8,16,19H,3,9-15H2,1-2H3. The minimum absolute atomic E-state index is 0.217. The minimum Gasteiger partial charge on any atom is -0.340 e. The third-order valence-electron chi connectivity index (χ3n) is 4.44. The molecule has 1 saturated heterocycles. The number of nitrogens with one attached hydrogen (secondary N) is 1. The second-order valence-corrected chi connectivity index (χ2v) is 6.26. The van der Waals surface area contributed by atoms with Gasteiger partial charge in [-0.2, -0.15) is 0 Å². The van der Waals surface area contributed by atoms with Gasteiger partial charge in [-0.3, -0.25) is 9.69 Å². The molecule has 1 N–H and O–H groups in total. The zero-order valence-corrected chi connectivity index (χ0v) is 13.9. The Labute approximate surface area is 134 Å². The van der Waals surface area contributed by atoms with Crippen molar-refractivity contribution in [3.05, 3.63) is 35.9 Å². The number of amides is 1.